The van der Waals surface area contributed by atoms with Crippen molar-refractivity contribution >= 4 is 39.5 Å². The Hall–Kier alpha value is -1.94. The van der Waals surface area contributed by atoms with E-state index in [-0.39, 0.29) is 25.7 Å². The van der Waals surface area contributed by atoms with Crippen molar-refractivity contribution in [1.82, 2.24) is 0 Å². The number of ether oxygens (including phenoxy) is 4. The molecule has 534 valence electrons. The molecule has 3 N–H and O–H groups in total. The summed E-state index contributed by atoms with van der Waals surface area (Å²) in [4.78, 5) is 72.5. The van der Waals surface area contributed by atoms with E-state index in [2.05, 4.69) is 41.5 Å². The molecular weight excluding hydrogens is 1190 g/mol. The molecule has 0 aliphatic carbocycles. The van der Waals surface area contributed by atoms with Crippen LogP contribution in [-0.4, -0.2) is 96.7 Å². The topological polar surface area (TPSA) is 237 Å². The lowest BCUT2D eigenvalue weighted by atomic mass is 9.99. The van der Waals surface area contributed by atoms with E-state index in [4.69, 9.17) is 37.0 Å². The predicted octanol–water partition coefficient (Wildman–Crippen LogP) is 20.4. The van der Waals surface area contributed by atoms with E-state index in [1.165, 1.54) is 180 Å². The fraction of sp³-hybridized carbons (Fsp3) is 0.944. The van der Waals surface area contributed by atoms with Crippen LogP contribution in [0.15, 0.2) is 0 Å². The van der Waals surface area contributed by atoms with E-state index in [0.29, 0.717) is 31.6 Å². The van der Waals surface area contributed by atoms with Gasteiger partial charge in [-0.1, -0.05) is 311 Å². The molecule has 0 saturated carbocycles. The summed E-state index contributed by atoms with van der Waals surface area (Å²) in [5.74, 6) is -0.649. The zero-order valence-electron chi connectivity index (χ0n) is 58.4. The molecular formula is C71H138O17P2. The van der Waals surface area contributed by atoms with Gasteiger partial charge in [-0.2, -0.15) is 0 Å². The van der Waals surface area contributed by atoms with Crippen molar-refractivity contribution in [2.45, 2.75) is 381 Å². The summed E-state index contributed by atoms with van der Waals surface area (Å²) in [7, 11) is -9.90. The number of carbonyl (C=O) groups excluding carboxylic acids is 4. The van der Waals surface area contributed by atoms with Gasteiger partial charge in [0.25, 0.3) is 0 Å². The van der Waals surface area contributed by atoms with Crippen molar-refractivity contribution in [3.8, 4) is 0 Å². The number of hydrogen-bond donors (Lipinski definition) is 3. The van der Waals surface area contributed by atoms with Gasteiger partial charge in [0.15, 0.2) is 12.2 Å². The van der Waals surface area contributed by atoms with Crippen LogP contribution in [-0.2, 0) is 65.4 Å². The standard InChI is InChI=1S/C71H138O17P2/c1-7-10-12-14-16-18-19-20-21-22-23-24-25-26-32-36-43-49-55-70(75)87-66(59-82-69(74)54-48-42-35-31-28-27-30-33-40-46-52-64(6)9-3)61-85-89(77,78)83-57-65(72)58-84-90(79,80)86-62-67(88-71(76)56-50-44-38-37-39-45-51-63(4)5)60-81-68(73)53-47-41-34-29-17-15-13-11-8-2/h63-67,72H,7-62H2,1-6H3,(H,77,78)(H,79,80)/t64?,65-,66-,67-/m1/s1. The Morgan fingerprint density at radius 2 is 0.567 bits per heavy atom. The molecule has 0 aromatic rings. The van der Waals surface area contributed by atoms with E-state index in [9.17, 15) is 43.2 Å². The average Bonchev–Trinajstić information content (AvgIpc) is 2.79. The lowest BCUT2D eigenvalue weighted by Gasteiger charge is -2.21. The fourth-order valence-corrected chi connectivity index (χ4v) is 12.3. The maximum atomic E-state index is 13.0. The second kappa shape index (κ2) is 63.1. The van der Waals surface area contributed by atoms with Crippen molar-refractivity contribution in [3.05, 3.63) is 0 Å². The number of carbonyl (C=O) groups is 4. The van der Waals surface area contributed by atoms with Gasteiger partial charge in [-0.15, -0.1) is 0 Å². The number of aliphatic hydroxyl groups excluding tert-OH is 1. The SMILES string of the molecule is CCCCCCCCCCCCCCCCCCCCC(=O)O[C@H](COC(=O)CCCCCCCCCCCCC(C)CC)COP(=O)(O)OC[C@@H](O)COP(=O)(O)OC[C@@H](COC(=O)CCCCCCCCCCC)OC(=O)CCCCCCCCC(C)C. The number of hydrogen-bond acceptors (Lipinski definition) is 15. The average molecular weight is 1330 g/mol. The highest BCUT2D eigenvalue weighted by molar-refractivity contribution is 7.47. The maximum absolute atomic E-state index is 13.0. The van der Waals surface area contributed by atoms with Crippen molar-refractivity contribution in [2.24, 2.45) is 11.8 Å². The summed E-state index contributed by atoms with van der Waals surface area (Å²) in [5, 5.41) is 10.6. The number of phosphoric ester groups is 2. The van der Waals surface area contributed by atoms with Crippen LogP contribution in [0.2, 0.25) is 0 Å². The Morgan fingerprint density at radius 3 is 0.844 bits per heavy atom. The van der Waals surface area contributed by atoms with Gasteiger partial charge in [-0.3, -0.25) is 37.3 Å². The van der Waals surface area contributed by atoms with Gasteiger partial charge in [0, 0.05) is 25.7 Å². The molecule has 0 fully saturated rings. The van der Waals surface area contributed by atoms with Gasteiger partial charge in [0.2, 0.25) is 0 Å². The van der Waals surface area contributed by atoms with Crippen LogP contribution in [0.25, 0.3) is 0 Å². The Bertz CT molecular complexity index is 1750. The Kier molecular flexibility index (Phi) is 61.8. The van der Waals surface area contributed by atoms with Crippen molar-refractivity contribution in [2.75, 3.05) is 39.6 Å². The summed E-state index contributed by atoms with van der Waals surface area (Å²) in [6, 6.07) is 0. The van der Waals surface area contributed by atoms with E-state index in [1.807, 2.05) is 0 Å². The Morgan fingerprint density at radius 1 is 0.322 bits per heavy atom. The first-order chi connectivity index (χ1) is 43.4. The fourth-order valence-electron chi connectivity index (χ4n) is 10.7. The number of rotatable bonds is 70. The van der Waals surface area contributed by atoms with Gasteiger partial charge in [0.05, 0.1) is 26.4 Å². The van der Waals surface area contributed by atoms with E-state index in [1.54, 1.807) is 0 Å². The number of aliphatic hydroxyl groups is 1. The van der Waals surface area contributed by atoms with Crippen LogP contribution < -0.4 is 0 Å². The highest BCUT2D eigenvalue weighted by Crippen LogP contribution is 2.45. The second-order valence-electron chi connectivity index (χ2n) is 26.3. The third kappa shape index (κ3) is 63.5. The van der Waals surface area contributed by atoms with E-state index >= 15 is 0 Å². The molecule has 6 atom stereocenters. The zero-order chi connectivity index (χ0) is 66.5. The van der Waals surface area contributed by atoms with Gasteiger partial charge in [-0.25, -0.2) is 9.13 Å². The van der Waals surface area contributed by atoms with Crippen molar-refractivity contribution in [1.29, 1.82) is 0 Å². The predicted molar refractivity (Wildman–Crippen MR) is 363 cm³/mol. The minimum Gasteiger partial charge on any atom is -0.462 e. The normalized spacial score (nSPS) is 14.4. The number of unbranched alkanes of at least 4 members (excludes halogenated alkanes) is 39. The summed E-state index contributed by atoms with van der Waals surface area (Å²) in [6.45, 7) is 9.48. The molecule has 0 saturated heterocycles. The third-order valence-electron chi connectivity index (χ3n) is 16.8. The van der Waals surface area contributed by atoms with Crippen LogP contribution in [0, 0.1) is 11.8 Å². The maximum Gasteiger partial charge on any atom is 0.472 e. The molecule has 0 aliphatic heterocycles. The van der Waals surface area contributed by atoms with Crippen LogP contribution in [0.3, 0.4) is 0 Å². The largest absolute Gasteiger partial charge is 0.472 e. The zero-order valence-corrected chi connectivity index (χ0v) is 60.2. The van der Waals surface area contributed by atoms with Crippen molar-refractivity contribution < 1.29 is 80.2 Å². The van der Waals surface area contributed by atoms with E-state index in [0.717, 1.165) is 95.8 Å². The smallest absolute Gasteiger partial charge is 0.462 e. The summed E-state index contributed by atoms with van der Waals surface area (Å²) < 4.78 is 68.2. The molecule has 90 heavy (non-hydrogen) atoms. The molecule has 0 rings (SSSR count). The van der Waals surface area contributed by atoms with E-state index < -0.39 is 97.5 Å². The molecule has 0 bridgehead atoms. The lowest BCUT2D eigenvalue weighted by molar-refractivity contribution is -0.161. The highest BCUT2D eigenvalue weighted by Gasteiger charge is 2.30. The van der Waals surface area contributed by atoms with Crippen LogP contribution in [0.1, 0.15) is 363 Å². The second-order valence-corrected chi connectivity index (χ2v) is 29.3. The molecule has 0 spiro atoms. The first kappa shape index (κ1) is 88.1. The van der Waals surface area contributed by atoms with Gasteiger partial charge in [0.1, 0.15) is 19.3 Å². The molecule has 19 heteroatoms. The van der Waals surface area contributed by atoms with Gasteiger partial charge < -0.3 is 33.8 Å². The van der Waals surface area contributed by atoms with Gasteiger partial charge in [-0.05, 0) is 37.5 Å². The quantitative estimate of drug-likeness (QED) is 0.0222. The van der Waals surface area contributed by atoms with Crippen LogP contribution in [0.4, 0.5) is 0 Å². The molecule has 0 aliphatic rings. The molecule has 0 aromatic heterocycles. The minimum absolute atomic E-state index is 0.102. The monoisotopic (exact) mass is 1320 g/mol. The van der Waals surface area contributed by atoms with Crippen LogP contribution in [0.5, 0.6) is 0 Å². The summed E-state index contributed by atoms with van der Waals surface area (Å²) >= 11 is 0. The number of esters is 4. The first-order valence-corrected chi connectivity index (χ1v) is 40.0. The van der Waals surface area contributed by atoms with Crippen molar-refractivity contribution in [3.63, 3.8) is 0 Å². The Balaban J connectivity index is 5.21. The third-order valence-corrected chi connectivity index (χ3v) is 18.7. The molecule has 0 heterocycles. The molecule has 3 unspecified atom stereocenters. The number of phosphoric acid groups is 2. The van der Waals surface area contributed by atoms with Gasteiger partial charge >= 0.3 is 39.5 Å². The molecule has 0 amide bonds. The molecule has 0 aromatic carbocycles. The Labute approximate surface area is 549 Å². The summed E-state index contributed by atoms with van der Waals surface area (Å²) in [6.07, 6.45) is 48.7. The highest BCUT2D eigenvalue weighted by atomic mass is 31.2. The molecule has 17 nitrogen and oxygen atoms in total. The minimum atomic E-state index is -4.95. The first-order valence-electron chi connectivity index (χ1n) is 37.0. The van der Waals surface area contributed by atoms with Crippen LogP contribution >= 0.6 is 15.6 Å². The summed E-state index contributed by atoms with van der Waals surface area (Å²) in [5.41, 5.74) is 0. The molecule has 0 radical (unpaired) electrons. The lowest BCUT2D eigenvalue weighted by Crippen LogP contribution is -2.30.